The first-order chi connectivity index (χ1) is 9.72. The molecule has 0 aliphatic carbocycles. The second-order valence-corrected chi connectivity index (χ2v) is 4.88. The number of nitrogens with one attached hydrogen (secondary N) is 1. The first-order valence-corrected chi connectivity index (χ1v) is 6.64. The van der Waals surface area contributed by atoms with E-state index in [0.717, 1.165) is 16.6 Å². The lowest BCUT2D eigenvalue weighted by atomic mass is 10.2. The highest BCUT2D eigenvalue weighted by Gasteiger charge is 2.02. The normalized spacial score (nSPS) is 10.7. The van der Waals surface area contributed by atoms with Crippen LogP contribution in [-0.4, -0.2) is 4.98 Å². The fraction of sp³-hybridized carbons (Fsp3) is 0.0625. The van der Waals surface area contributed by atoms with Crippen molar-refractivity contribution < 1.29 is 4.39 Å². The Bertz CT molecular complexity index is 758. The first-order valence-electron chi connectivity index (χ1n) is 6.26. The van der Waals surface area contributed by atoms with E-state index in [-0.39, 0.29) is 5.02 Å². The van der Waals surface area contributed by atoms with Gasteiger partial charge in [-0.25, -0.2) is 4.39 Å². The van der Waals surface area contributed by atoms with Crippen LogP contribution < -0.4 is 5.32 Å². The van der Waals surface area contributed by atoms with Crippen molar-refractivity contribution >= 4 is 28.2 Å². The van der Waals surface area contributed by atoms with E-state index in [0.29, 0.717) is 12.2 Å². The first kappa shape index (κ1) is 12.9. The Hall–Kier alpha value is -2.13. The molecule has 1 heterocycles. The largest absolute Gasteiger partial charge is 0.379 e. The molecule has 0 amide bonds. The van der Waals surface area contributed by atoms with E-state index in [1.807, 2.05) is 36.4 Å². The summed E-state index contributed by atoms with van der Waals surface area (Å²) in [7, 11) is 0. The maximum Gasteiger partial charge on any atom is 0.143 e. The van der Waals surface area contributed by atoms with Crippen molar-refractivity contribution in [2.24, 2.45) is 0 Å². The van der Waals surface area contributed by atoms with Gasteiger partial charge in [0.05, 0.1) is 22.8 Å². The molecule has 0 atom stereocenters. The molecule has 0 bridgehead atoms. The molecule has 0 aliphatic heterocycles. The highest BCUT2D eigenvalue weighted by atomic mass is 35.5. The van der Waals surface area contributed by atoms with Crippen LogP contribution in [0.5, 0.6) is 0 Å². The summed E-state index contributed by atoms with van der Waals surface area (Å²) in [6, 6.07) is 16.6. The topological polar surface area (TPSA) is 24.9 Å². The van der Waals surface area contributed by atoms with E-state index in [2.05, 4.69) is 10.3 Å². The third-order valence-corrected chi connectivity index (χ3v) is 3.36. The molecule has 1 N–H and O–H groups in total. The van der Waals surface area contributed by atoms with Crippen molar-refractivity contribution in [3.05, 3.63) is 71.1 Å². The van der Waals surface area contributed by atoms with Gasteiger partial charge in [0.2, 0.25) is 0 Å². The van der Waals surface area contributed by atoms with Crippen molar-refractivity contribution in [3.63, 3.8) is 0 Å². The molecule has 100 valence electrons. The molecule has 2 nitrogen and oxygen atoms in total. The van der Waals surface area contributed by atoms with Crippen LogP contribution in [0.2, 0.25) is 5.02 Å². The monoisotopic (exact) mass is 286 g/mol. The molecule has 0 radical (unpaired) electrons. The number of nitrogens with zero attached hydrogens (tertiary/aromatic N) is 1. The van der Waals surface area contributed by atoms with Gasteiger partial charge in [0, 0.05) is 11.1 Å². The van der Waals surface area contributed by atoms with Crippen LogP contribution in [0.3, 0.4) is 0 Å². The molecular weight excluding hydrogens is 275 g/mol. The van der Waals surface area contributed by atoms with Crippen molar-refractivity contribution in [1.82, 2.24) is 4.98 Å². The lowest BCUT2D eigenvalue weighted by Crippen LogP contribution is -2.02. The minimum absolute atomic E-state index is 0.124. The van der Waals surface area contributed by atoms with Crippen molar-refractivity contribution in [2.75, 3.05) is 5.32 Å². The second-order valence-electron chi connectivity index (χ2n) is 4.48. The molecule has 0 saturated heterocycles. The number of hydrogen-bond acceptors (Lipinski definition) is 2. The fourth-order valence-electron chi connectivity index (χ4n) is 2.01. The van der Waals surface area contributed by atoms with Crippen molar-refractivity contribution in [3.8, 4) is 0 Å². The lowest BCUT2D eigenvalue weighted by molar-refractivity contribution is 0.628. The summed E-state index contributed by atoms with van der Waals surface area (Å²) in [5.41, 5.74) is 2.54. The summed E-state index contributed by atoms with van der Waals surface area (Å²) in [5, 5.41) is 4.36. The number of aromatic nitrogens is 1. The maximum atomic E-state index is 13.3. The van der Waals surface area contributed by atoms with Gasteiger partial charge >= 0.3 is 0 Å². The molecular formula is C16H12ClFN2. The van der Waals surface area contributed by atoms with E-state index in [4.69, 9.17) is 11.6 Å². The van der Waals surface area contributed by atoms with Crippen LogP contribution >= 0.6 is 11.6 Å². The Kier molecular flexibility index (Phi) is 3.52. The van der Waals surface area contributed by atoms with Gasteiger partial charge in [-0.05, 0) is 30.3 Å². The summed E-state index contributed by atoms with van der Waals surface area (Å²) in [6.07, 6.45) is 0. The molecule has 0 aliphatic rings. The van der Waals surface area contributed by atoms with Gasteiger partial charge in [0.1, 0.15) is 5.82 Å². The summed E-state index contributed by atoms with van der Waals surface area (Å²) >= 11 is 5.65. The van der Waals surface area contributed by atoms with E-state index in [1.165, 1.54) is 12.1 Å². The Morgan fingerprint density at radius 1 is 1.05 bits per heavy atom. The lowest BCUT2D eigenvalue weighted by Gasteiger charge is -2.07. The highest BCUT2D eigenvalue weighted by Crippen LogP contribution is 2.19. The quantitative estimate of drug-likeness (QED) is 0.759. The number of fused-ring (bicyclic) bond motifs is 1. The Balaban J connectivity index is 1.77. The maximum absolute atomic E-state index is 13.3. The summed E-state index contributed by atoms with van der Waals surface area (Å²) in [6.45, 7) is 0.534. The Morgan fingerprint density at radius 2 is 1.90 bits per heavy atom. The molecule has 0 fully saturated rings. The zero-order valence-corrected chi connectivity index (χ0v) is 11.4. The molecule has 0 spiro atoms. The van der Waals surface area contributed by atoms with Gasteiger partial charge in [-0.1, -0.05) is 35.9 Å². The van der Waals surface area contributed by atoms with Crippen LogP contribution in [-0.2, 0) is 6.54 Å². The third kappa shape index (κ3) is 2.73. The molecule has 1 aromatic heterocycles. The van der Waals surface area contributed by atoms with Crippen molar-refractivity contribution in [1.29, 1.82) is 0 Å². The predicted octanol–water partition coefficient (Wildman–Crippen LogP) is 4.64. The van der Waals surface area contributed by atoms with Crippen LogP contribution in [0.25, 0.3) is 10.9 Å². The number of para-hydroxylation sites is 1. The molecule has 3 rings (SSSR count). The summed E-state index contributed by atoms with van der Waals surface area (Å²) < 4.78 is 13.3. The molecule has 2 aromatic carbocycles. The third-order valence-electron chi connectivity index (χ3n) is 3.05. The number of hydrogen-bond donors (Lipinski definition) is 1. The van der Waals surface area contributed by atoms with Crippen LogP contribution in [0, 0.1) is 5.82 Å². The summed E-state index contributed by atoms with van der Waals surface area (Å²) in [4.78, 5) is 4.55. The smallest absolute Gasteiger partial charge is 0.143 e. The van der Waals surface area contributed by atoms with Crippen molar-refractivity contribution in [2.45, 2.75) is 6.54 Å². The Labute approximate surface area is 121 Å². The second kappa shape index (κ2) is 5.47. The van der Waals surface area contributed by atoms with Gasteiger partial charge in [0.25, 0.3) is 0 Å². The predicted molar refractivity (Wildman–Crippen MR) is 80.5 cm³/mol. The number of halogens is 2. The SMILES string of the molecule is Fc1cc(NCc2ccc3ccccc3n2)ccc1Cl. The minimum atomic E-state index is -0.428. The zero-order chi connectivity index (χ0) is 13.9. The molecule has 3 aromatic rings. The van der Waals surface area contributed by atoms with Crippen LogP contribution in [0.4, 0.5) is 10.1 Å². The Morgan fingerprint density at radius 3 is 2.75 bits per heavy atom. The number of benzene rings is 2. The minimum Gasteiger partial charge on any atom is -0.379 e. The average molecular weight is 287 g/mol. The van der Waals surface area contributed by atoms with Gasteiger partial charge < -0.3 is 5.32 Å². The van der Waals surface area contributed by atoms with Gasteiger partial charge in [-0.15, -0.1) is 0 Å². The van der Waals surface area contributed by atoms with Crippen LogP contribution in [0.1, 0.15) is 5.69 Å². The highest BCUT2D eigenvalue weighted by molar-refractivity contribution is 6.30. The molecule has 0 unspecified atom stereocenters. The molecule has 0 saturated carbocycles. The van der Waals surface area contributed by atoms with Gasteiger partial charge in [0.15, 0.2) is 0 Å². The van der Waals surface area contributed by atoms with Gasteiger partial charge in [-0.2, -0.15) is 0 Å². The van der Waals surface area contributed by atoms with E-state index in [1.54, 1.807) is 6.07 Å². The fourth-order valence-corrected chi connectivity index (χ4v) is 2.12. The summed E-state index contributed by atoms with van der Waals surface area (Å²) in [5.74, 6) is -0.428. The molecule has 4 heteroatoms. The molecule has 20 heavy (non-hydrogen) atoms. The zero-order valence-electron chi connectivity index (χ0n) is 10.6. The number of pyridine rings is 1. The standard InChI is InChI=1S/C16H12ClFN2/c17-14-8-7-12(9-15(14)18)19-10-13-6-5-11-3-1-2-4-16(11)20-13/h1-9,19H,10H2. The average Bonchev–Trinajstić information content (AvgIpc) is 2.48. The van der Waals surface area contributed by atoms with Crippen LogP contribution in [0.15, 0.2) is 54.6 Å². The number of rotatable bonds is 3. The number of anilines is 1. The van der Waals surface area contributed by atoms with E-state index >= 15 is 0 Å². The van der Waals surface area contributed by atoms with E-state index < -0.39 is 5.82 Å². The van der Waals surface area contributed by atoms with E-state index in [9.17, 15) is 4.39 Å². The van der Waals surface area contributed by atoms with Gasteiger partial charge in [-0.3, -0.25) is 4.98 Å².